The lowest BCUT2D eigenvalue weighted by molar-refractivity contribution is 0.0950. The molecule has 0 fully saturated rings. The number of urea groups is 1. The Kier molecular flexibility index (Phi) is 6.24. The van der Waals surface area contributed by atoms with E-state index in [4.69, 9.17) is 0 Å². The second-order valence-electron chi connectivity index (χ2n) is 6.79. The molecule has 0 saturated heterocycles. The van der Waals surface area contributed by atoms with Crippen LogP contribution in [0, 0.1) is 19.7 Å². The summed E-state index contributed by atoms with van der Waals surface area (Å²) >= 11 is 0. The zero-order valence-electron chi connectivity index (χ0n) is 16.3. The predicted molar refractivity (Wildman–Crippen MR) is 113 cm³/mol. The van der Waals surface area contributed by atoms with Gasteiger partial charge in [-0.2, -0.15) is 0 Å². The molecule has 3 N–H and O–H groups in total. The monoisotopic (exact) mass is 391 g/mol. The Balaban J connectivity index is 1.60. The van der Waals surface area contributed by atoms with Crippen LogP contribution >= 0.6 is 0 Å². The topological polar surface area (TPSA) is 70.2 Å². The molecule has 0 aliphatic rings. The second-order valence-corrected chi connectivity index (χ2v) is 6.79. The molecule has 0 aliphatic heterocycles. The number of halogens is 1. The van der Waals surface area contributed by atoms with Gasteiger partial charge in [-0.3, -0.25) is 4.79 Å². The third-order valence-electron chi connectivity index (χ3n) is 4.36. The fourth-order valence-corrected chi connectivity index (χ4v) is 2.89. The molecular formula is C23H22FN3O2. The van der Waals surface area contributed by atoms with Gasteiger partial charge >= 0.3 is 6.03 Å². The summed E-state index contributed by atoms with van der Waals surface area (Å²) in [6.45, 7) is 3.96. The third-order valence-corrected chi connectivity index (χ3v) is 4.36. The van der Waals surface area contributed by atoms with E-state index in [2.05, 4.69) is 16.0 Å². The lowest BCUT2D eigenvalue weighted by atomic mass is 10.1. The van der Waals surface area contributed by atoms with Gasteiger partial charge < -0.3 is 16.0 Å². The molecule has 0 saturated carbocycles. The molecule has 3 aromatic rings. The number of carbonyl (C=O) groups is 2. The smallest absolute Gasteiger partial charge is 0.323 e. The van der Waals surface area contributed by atoms with Crippen molar-refractivity contribution in [3.63, 3.8) is 0 Å². The van der Waals surface area contributed by atoms with Gasteiger partial charge in [0.2, 0.25) is 0 Å². The van der Waals surface area contributed by atoms with Gasteiger partial charge in [0.25, 0.3) is 5.91 Å². The summed E-state index contributed by atoms with van der Waals surface area (Å²) < 4.78 is 13.4. The summed E-state index contributed by atoms with van der Waals surface area (Å²) in [6.07, 6.45) is 0. The number of anilines is 2. The molecule has 6 heteroatoms. The Labute approximate surface area is 169 Å². The minimum Gasteiger partial charge on any atom is -0.348 e. The van der Waals surface area contributed by atoms with Crippen LogP contribution in [0.4, 0.5) is 20.6 Å². The maximum absolute atomic E-state index is 13.4. The van der Waals surface area contributed by atoms with Crippen molar-refractivity contribution in [2.75, 3.05) is 10.6 Å². The highest BCUT2D eigenvalue weighted by atomic mass is 19.1. The van der Waals surface area contributed by atoms with Crippen molar-refractivity contribution >= 4 is 23.3 Å². The molecule has 29 heavy (non-hydrogen) atoms. The normalized spacial score (nSPS) is 10.3. The molecule has 0 aliphatic carbocycles. The largest absolute Gasteiger partial charge is 0.348 e. The van der Waals surface area contributed by atoms with Crippen LogP contribution in [0.5, 0.6) is 0 Å². The Morgan fingerprint density at radius 3 is 2.28 bits per heavy atom. The van der Waals surface area contributed by atoms with Crippen LogP contribution in [0.1, 0.15) is 27.0 Å². The molecule has 148 valence electrons. The minimum absolute atomic E-state index is 0.254. The molecule has 0 atom stereocenters. The predicted octanol–water partition coefficient (Wildman–Crippen LogP) is 5.02. The molecule has 0 radical (unpaired) electrons. The summed E-state index contributed by atoms with van der Waals surface area (Å²) in [4.78, 5) is 24.5. The number of carbonyl (C=O) groups excluding carboxylic acids is 2. The van der Waals surface area contributed by atoms with E-state index in [1.807, 2.05) is 37.3 Å². The number of hydrogen-bond donors (Lipinski definition) is 3. The Morgan fingerprint density at radius 2 is 1.55 bits per heavy atom. The summed E-state index contributed by atoms with van der Waals surface area (Å²) in [5.41, 5.74) is 4.17. The van der Waals surface area contributed by atoms with E-state index in [9.17, 15) is 14.0 Å². The Hall–Kier alpha value is -3.67. The van der Waals surface area contributed by atoms with Crippen molar-refractivity contribution < 1.29 is 14.0 Å². The summed E-state index contributed by atoms with van der Waals surface area (Å²) in [6, 6.07) is 18.4. The Bertz CT molecular complexity index is 1050. The fourth-order valence-electron chi connectivity index (χ4n) is 2.89. The third kappa shape index (κ3) is 5.65. The molecule has 0 bridgehead atoms. The highest BCUT2D eigenvalue weighted by Gasteiger charge is 2.10. The maximum atomic E-state index is 13.4. The van der Waals surface area contributed by atoms with E-state index in [0.29, 0.717) is 22.5 Å². The fraction of sp³-hybridized carbons (Fsp3) is 0.130. The highest BCUT2D eigenvalue weighted by Crippen LogP contribution is 2.14. The van der Waals surface area contributed by atoms with Gasteiger partial charge in [-0.15, -0.1) is 0 Å². The molecular weight excluding hydrogens is 369 g/mol. The van der Waals surface area contributed by atoms with Gasteiger partial charge in [-0.1, -0.05) is 30.3 Å². The number of hydrogen-bond acceptors (Lipinski definition) is 2. The molecule has 3 amide bonds. The van der Waals surface area contributed by atoms with E-state index >= 15 is 0 Å². The number of rotatable bonds is 5. The molecule has 0 heterocycles. The van der Waals surface area contributed by atoms with E-state index < -0.39 is 5.82 Å². The van der Waals surface area contributed by atoms with Crippen LogP contribution in [-0.2, 0) is 6.54 Å². The van der Waals surface area contributed by atoms with Crippen LogP contribution in [0.25, 0.3) is 0 Å². The van der Waals surface area contributed by atoms with Gasteiger partial charge in [0, 0.05) is 23.5 Å². The first-order valence-electron chi connectivity index (χ1n) is 9.19. The Morgan fingerprint density at radius 1 is 0.862 bits per heavy atom. The van der Waals surface area contributed by atoms with Crippen LogP contribution in [0.2, 0.25) is 0 Å². The van der Waals surface area contributed by atoms with Crippen molar-refractivity contribution in [1.82, 2.24) is 5.32 Å². The van der Waals surface area contributed by atoms with Gasteiger partial charge in [-0.05, 0) is 66.9 Å². The zero-order valence-corrected chi connectivity index (χ0v) is 16.3. The van der Waals surface area contributed by atoms with Gasteiger partial charge in [0.05, 0.1) is 0 Å². The van der Waals surface area contributed by atoms with E-state index in [1.54, 1.807) is 31.2 Å². The van der Waals surface area contributed by atoms with E-state index in [1.165, 1.54) is 12.1 Å². The first-order valence-corrected chi connectivity index (χ1v) is 9.19. The number of amides is 3. The van der Waals surface area contributed by atoms with Gasteiger partial charge in [0.1, 0.15) is 5.82 Å². The molecule has 0 unspecified atom stereocenters. The van der Waals surface area contributed by atoms with Crippen LogP contribution < -0.4 is 16.0 Å². The summed E-state index contributed by atoms with van der Waals surface area (Å²) in [5.74, 6) is -0.802. The lowest BCUT2D eigenvalue weighted by Gasteiger charge is -2.11. The van der Waals surface area contributed by atoms with Crippen molar-refractivity contribution in [2.45, 2.75) is 20.4 Å². The molecule has 0 aromatic heterocycles. The average Bonchev–Trinajstić information content (AvgIpc) is 2.68. The second kappa shape index (κ2) is 9.01. The molecule has 3 rings (SSSR count). The minimum atomic E-state index is -0.452. The van der Waals surface area contributed by atoms with Crippen LogP contribution in [-0.4, -0.2) is 11.9 Å². The lowest BCUT2D eigenvalue weighted by Crippen LogP contribution is -2.24. The average molecular weight is 391 g/mol. The van der Waals surface area contributed by atoms with E-state index in [0.717, 1.165) is 11.1 Å². The number of nitrogens with one attached hydrogen (secondary N) is 3. The first kappa shape index (κ1) is 20.1. The maximum Gasteiger partial charge on any atom is 0.323 e. The van der Waals surface area contributed by atoms with Crippen LogP contribution in [0.3, 0.4) is 0 Å². The van der Waals surface area contributed by atoms with Crippen molar-refractivity contribution in [3.05, 3.63) is 94.8 Å². The quantitative estimate of drug-likeness (QED) is 0.572. The van der Waals surface area contributed by atoms with Crippen molar-refractivity contribution in [2.24, 2.45) is 0 Å². The van der Waals surface area contributed by atoms with Crippen LogP contribution in [0.15, 0.2) is 66.7 Å². The SMILES string of the molecule is Cc1cccc(NC(=O)Nc2cccc(CNC(=O)c3cc(F)ccc3C)c2)c1. The summed E-state index contributed by atoms with van der Waals surface area (Å²) in [5, 5.41) is 8.33. The van der Waals surface area contributed by atoms with E-state index in [-0.39, 0.29) is 18.5 Å². The highest BCUT2D eigenvalue weighted by molar-refractivity contribution is 5.99. The van der Waals surface area contributed by atoms with Gasteiger partial charge in [0.15, 0.2) is 0 Å². The van der Waals surface area contributed by atoms with Gasteiger partial charge in [-0.25, -0.2) is 9.18 Å². The van der Waals surface area contributed by atoms with Crippen molar-refractivity contribution in [1.29, 1.82) is 0 Å². The zero-order chi connectivity index (χ0) is 20.8. The molecule has 0 spiro atoms. The number of aryl methyl sites for hydroxylation is 2. The molecule has 3 aromatic carbocycles. The standard InChI is InChI=1S/C23H22FN3O2/c1-15-5-3-7-19(11-15)26-23(29)27-20-8-4-6-17(12-20)14-25-22(28)21-13-18(24)10-9-16(21)2/h3-13H,14H2,1-2H3,(H,25,28)(H2,26,27,29). The molecule has 5 nitrogen and oxygen atoms in total. The summed E-state index contributed by atoms with van der Waals surface area (Å²) in [7, 11) is 0. The first-order chi connectivity index (χ1) is 13.9. The number of benzene rings is 3. The van der Waals surface area contributed by atoms with Crippen molar-refractivity contribution in [3.8, 4) is 0 Å².